The molecule has 3 nitrogen and oxygen atoms in total. The van der Waals surface area contributed by atoms with Crippen LogP contribution in [-0.4, -0.2) is 32.5 Å². The zero-order chi connectivity index (χ0) is 13.5. The van der Waals surface area contributed by atoms with E-state index in [1.165, 1.54) is 17.5 Å². The predicted octanol–water partition coefficient (Wildman–Crippen LogP) is 2.71. The molecule has 2 atom stereocenters. The van der Waals surface area contributed by atoms with E-state index in [0.29, 0.717) is 19.3 Å². The van der Waals surface area contributed by atoms with E-state index in [2.05, 4.69) is 43.4 Å². The van der Waals surface area contributed by atoms with Gasteiger partial charge in [-0.15, -0.1) is 0 Å². The summed E-state index contributed by atoms with van der Waals surface area (Å²) >= 11 is 0. The Labute approximate surface area is 116 Å². The molecule has 0 aliphatic carbocycles. The van der Waals surface area contributed by atoms with Crippen LogP contribution in [0, 0.1) is 0 Å². The smallest absolute Gasteiger partial charge is 0.0933 e. The number of hydrogen-bond acceptors (Lipinski definition) is 3. The average molecular weight is 263 g/mol. The van der Waals surface area contributed by atoms with Gasteiger partial charge in [0, 0.05) is 12.6 Å². The van der Waals surface area contributed by atoms with Crippen molar-refractivity contribution in [1.29, 1.82) is 0 Å². The van der Waals surface area contributed by atoms with E-state index in [1.54, 1.807) is 0 Å². The minimum absolute atomic E-state index is 0.190. The topological polar surface area (TPSA) is 30.5 Å². The number of rotatable bonds is 6. The third-order valence-electron chi connectivity index (χ3n) is 3.56. The van der Waals surface area contributed by atoms with Crippen molar-refractivity contribution in [3.63, 3.8) is 0 Å². The Morgan fingerprint density at radius 2 is 2.05 bits per heavy atom. The molecule has 1 fully saturated rings. The molecule has 3 heteroatoms. The molecule has 1 N–H and O–H groups in total. The van der Waals surface area contributed by atoms with E-state index in [4.69, 9.17) is 9.47 Å². The van der Waals surface area contributed by atoms with Crippen LogP contribution >= 0.6 is 0 Å². The van der Waals surface area contributed by atoms with Gasteiger partial charge in [-0.05, 0) is 24.5 Å². The van der Waals surface area contributed by atoms with Crippen molar-refractivity contribution in [2.45, 2.75) is 38.8 Å². The van der Waals surface area contributed by atoms with Gasteiger partial charge < -0.3 is 14.8 Å². The predicted molar refractivity (Wildman–Crippen MR) is 77.4 cm³/mol. The monoisotopic (exact) mass is 263 g/mol. The SMILES string of the molecule is CCCc1ccc(C(C)NCC2COCCO2)cc1. The molecular formula is C16H25NO2. The molecule has 1 aromatic carbocycles. The molecule has 106 valence electrons. The van der Waals surface area contributed by atoms with Crippen LogP contribution in [0.4, 0.5) is 0 Å². The summed E-state index contributed by atoms with van der Waals surface area (Å²) in [6.45, 7) is 7.40. The summed E-state index contributed by atoms with van der Waals surface area (Å²) < 4.78 is 11.0. The third-order valence-corrected chi connectivity index (χ3v) is 3.56. The molecule has 2 unspecified atom stereocenters. The molecule has 1 aliphatic heterocycles. The summed E-state index contributed by atoms with van der Waals surface area (Å²) in [6.07, 6.45) is 2.55. The number of aryl methyl sites for hydroxylation is 1. The summed E-state index contributed by atoms with van der Waals surface area (Å²) in [4.78, 5) is 0. The first-order chi connectivity index (χ1) is 9.29. The summed E-state index contributed by atoms with van der Waals surface area (Å²) in [5.41, 5.74) is 2.75. The van der Waals surface area contributed by atoms with Crippen LogP contribution in [-0.2, 0) is 15.9 Å². The lowest BCUT2D eigenvalue weighted by Gasteiger charge is -2.25. The molecule has 0 spiro atoms. The molecule has 0 radical (unpaired) electrons. The fourth-order valence-corrected chi connectivity index (χ4v) is 2.34. The molecule has 1 heterocycles. The van der Waals surface area contributed by atoms with Gasteiger partial charge in [-0.3, -0.25) is 0 Å². The lowest BCUT2D eigenvalue weighted by Crippen LogP contribution is -2.38. The molecule has 2 rings (SSSR count). The largest absolute Gasteiger partial charge is 0.376 e. The molecule has 1 aromatic rings. The molecule has 1 saturated heterocycles. The molecule has 0 saturated carbocycles. The maximum atomic E-state index is 5.63. The fraction of sp³-hybridized carbons (Fsp3) is 0.625. The second-order valence-electron chi connectivity index (χ2n) is 5.19. The highest BCUT2D eigenvalue weighted by atomic mass is 16.6. The van der Waals surface area contributed by atoms with Gasteiger partial charge in [-0.1, -0.05) is 37.6 Å². The summed E-state index contributed by atoms with van der Waals surface area (Å²) in [5, 5.41) is 3.52. The minimum Gasteiger partial charge on any atom is -0.376 e. The molecule has 0 aromatic heterocycles. The number of hydrogen-bond donors (Lipinski definition) is 1. The Morgan fingerprint density at radius 3 is 2.68 bits per heavy atom. The Kier molecular flexibility index (Phi) is 5.83. The van der Waals surface area contributed by atoms with Gasteiger partial charge in [0.05, 0.1) is 25.9 Å². The van der Waals surface area contributed by atoms with E-state index in [0.717, 1.165) is 19.6 Å². The quantitative estimate of drug-likeness (QED) is 0.856. The highest BCUT2D eigenvalue weighted by molar-refractivity contribution is 5.24. The standard InChI is InChI=1S/C16H25NO2/c1-3-4-14-5-7-15(8-6-14)13(2)17-11-16-12-18-9-10-19-16/h5-8,13,16-17H,3-4,9-12H2,1-2H3. The Morgan fingerprint density at radius 1 is 1.26 bits per heavy atom. The molecule has 1 aliphatic rings. The zero-order valence-corrected chi connectivity index (χ0v) is 12.0. The summed E-state index contributed by atoms with van der Waals surface area (Å²) in [6, 6.07) is 9.26. The maximum absolute atomic E-state index is 5.63. The second kappa shape index (κ2) is 7.63. The van der Waals surface area contributed by atoms with Crippen LogP contribution < -0.4 is 5.32 Å². The minimum atomic E-state index is 0.190. The van der Waals surface area contributed by atoms with E-state index in [-0.39, 0.29) is 6.10 Å². The lowest BCUT2D eigenvalue weighted by atomic mass is 10.0. The van der Waals surface area contributed by atoms with Crippen molar-refractivity contribution in [3.8, 4) is 0 Å². The van der Waals surface area contributed by atoms with E-state index < -0.39 is 0 Å². The number of ether oxygens (including phenoxy) is 2. The first-order valence-corrected chi connectivity index (χ1v) is 7.31. The Balaban J connectivity index is 1.79. The van der Waals surface area contributed by atoms with Crippen LogP contribution in [0.2, 0.25) is 0 Å². The van der Waals surface area contributed by atoms with Crippen LogP contribution in [0.3, 0.4) is 0 Å². The fourth-order valence-electron chi connectivity index (χ4n) is 2.34. The van der Waals surface area contributed by atoms with Gasteiger partial charge in [0.2, 0.25) is 0 Å². The van der Waals surface area contributed by atoms with Crippen molar-refractivity contribution in [1.82, 2.24) is 5.32 Å². The average Bonchev–Trinajstić information content (AvgIpc) is 2.47. The van der Waals surface area contributed by atoms with Crippen LogP contribution in [0.25, 0.3) is 0 Å². The highest BCUT2D eigenvalue weighted by Crippen LogP contribution is 2.14. The van der Waals surface area contributed by atoms with Crippen LogP contribution in [0.1, 0.15) is 37.4 Å². The third kappa shape index (κ3) is 4.60. The molecule has 0 amide bonds. The van der Waals surface area contributed by atoms with E-state index in [9.17, 15) is 0 Å². The first-order valence-electron chi connectivity index (χ1n) is 7.31. The highest BCUT2D eigenvalue weighted by Gasteiger charge is 2.15. The van der Waals surface area contributed by atoms with Crippen molar-refractivity contribution in [2.24, 2.45) is 0 Å². The van der Waals surface area contributed by atoms with Crippen molar-refractivity contribution in [3.05, 3.63) is 35.4 Å². The van der Waals surface area contributed by atoms with E-state index >= 15 is 0 Å². The summed E-state index contributed by atoms with van der Waals surface area (Å²) in [5.74, 6) is 0. The Bertz CT molecular complexity index is 358. The lowest BCUT2D eigenvalue weighted by molar-refractivity contribution is -0.0869. The van der Waals surface area contributed by atoms with Gasteiger partial charge in [0.15, 0.2) is 0 Å². The zero-order valence-electron chi connectivity index (χ0n) is 12.0. The van der Waals surface area contributed by atoms with Gasteiger partial charge in [-0.2, -0.15) is 0 Å². The Hall–Kier alpha value is -0.900. The van der Waals surface area contributed by atoms with Gasteiger partial charge in [0.25, 0.3) is 0 Å². The van der Waals surface area contributed by atoms with Gasteiger partial charge in [-0.25, -0.2) is 0 Å². The van der Waals surface area contributed by atoms with Crippen LogP contribution in [0.5, 0.6) is 0 Å². The van der Waals surface area contributed by atoms with Crippen molar-refractivity contribution in [2.75, 3.05) is 26.4 Å². The number of nitrogens with one attached hydrogen (secondary N) is 1. The van der Waals surface area contributed by atoms with E-state index in [1.807, 2.05) is 0 Å². The normalized spacial score (nSPS) is 21.3. The maximum Gasteiger partial charge on any atom is 0.0933 e. The second-order valence-corrected chi connectivity index (χ2v) is 5.19. The summed E-state index contributed by atoms with van der Waals surface area (Å²) in [7, 11) is 0. The first kappa shape index (κ1) is 14.5. The van der Waals surface area contributed by atoms with Gasteiger partial charge >= 0.3 is 0 Å². The van der Waals surface area contributed by atoms with Gasteiger partial charge in [0.1, 0.15) is 0 Å². The number of benzene rings is 1. The molecular weight excluding hydrogens is 238 g/mol. The van der Waals surface area contributed by atoms with Crippen molar-refractivity contribution < 1.29 is 9.47 Å². The molecule has 0 bridgehead atoms. The molecule has 19 heavy (non-hydrogen) atoms. The van der Waals surface area contributed by atoms with Crippen LogP contribution in [0.15, 0.2) is 24.3 Å². The van der Waals surface area contributed by atoms with Crippen molar-refractivity contribution >= 4 is 0 Å².